The van der Waals surface area contributed by atoms with Crippen LogP contribution in [0.1, 0.15) is 28.1 Å². The fraction of sp³-hybridized carbons (Fsp3) is 0.190. The molecular weight excluding hydrogens is 398 g/mol. The van der Waals surface area contributed by atoms with Crippen molar-refractivity contribution in [2.75, 3.05) is 7.05 Å². The summed E-state index contributed by atoms with van der Waals surface area (Å²) in [5, 5.41) is 20.8. The zero-order valence-corrected chi connectivity index (χ0v) is 17.7. The average Bonchev–Trinajstić information content (AvgIpc) is 3.43. The van der Waals surface area contributed by atoms with E-state index in [4.69, 9.17) is 0 Å². The molecule has 0 fully saturated rings. The van der Waals surface area contributed by atoms with E-state index in [0.29, 0.717) is 5.56 Å². The van der Waals surface area contributed by atoms with Crippen molar-refractivity contribution in [3.05, 3.63) is 72.2 Å². The molecule has 4 aromatic rings. The molecule has 4 rings (SSSR count). The minimum absolute atomic E-state index is 0.115. The van der Waals surface area contributed by atoms with Gasteiger partial charge >= 0.3 is 0 Å². The average molecular weight is 420 g/mol. The number of nitrogens with one attached hydrogen (secondary N) is 1. The summed E-state index contributed by atoms with van der Waals surface area (Å²) in [4.78, 5) is 13.3. The van der Waals surface area contributed by atoms with E-state index in [1.165, 1.54) is 0 Å². The zero-order chi connectivity index (χ0) is 21.1. The van der Waals surface area contributed by atoms with Gasteiger partial charge < -0.3 is 9.88 Å². The minimum atomic E-state index is -0.115. The highest BCUT2D eigenvalue weighted by Gasteiger charge is 2.13. The molecule has 152 valence electrons. The van der Waals surface area contributed by atoms with Gasteiger partial charge in [-0.05, 0) is 36.8 Å². The molecule has 1 atom stereocenters. The third-order valence-corrected chi connectivity index (χ3v) is 5.89. The summed E-state index contributed by atoms with van der Waals surface area (Å²) in [5.41, 5.74) is 4.28. The van der Waals surface area contributed by atoms with Crippen LogP contribution in [-0.4, -0.2) is 42.7 Å². The molecule has 9 heteroatoms. The summed E-state index contributed by atoms with van der Waals surface area (Å²) in [7, 11) is 3.55. The van der Waals surface area contributed by atoms with E-state index in [1.807, 2.05) is 35.9 Å². The van der Waals surface area contributed by atoms with Crippen LogP contribution < -0.4 is 5.32 Å². The van der Waals surface area contributed by atoms with Crippen LogP contribution in [-0.2, 0) is 7.05 Å². The molecular formula is C21H21N7OS. The van der Waals surface area contributed by atoms with Crippen molar-refractivity contribution in [2.45, 2.75) is 17.3 Å². The van der Waals surface area contributed by atoms with Crippen molar-refractivity contribution in [1.29, 1.82) is 0 Å². The smallest absolute Gasteiger partial charge is 0.251 e. The minimum Gasteiger partial charge on any atom is -0.355 e. The maximum atomic E-state index is 11.7. The molecule has 0 saturated heterocycles. The van der Waals surface area contributed by atoms with E-state index >= 15 is 0 Å². The van der Waals surface area contributed by atoms with Gasteiger partial charge in [0, 0.05) is 30.5 Å². The van der Waals surface area contributed by atoms with Crippen LogP contribution in [0.2, 0.25) is 0 Å². The van der Waals surface area contributed by atoms with Crippen molar-refractivity contribution >= 4 is 17.7 Å². The lowest BCUT2D eigenvalue weighted by Crippen LogP contribution is -2.17. The van der Waals surface area contributed by atoms with E-state index in [2.05, 4.69) is 44.8 Å². The van der Waals surface area contributed by atoms with Crippen LogP contribution >= 0.6 is 11.8 Å². The van der Waals surface area contributed by atoms with Crippen molar-refractivity contribution < 1.29 is 4.79 Å². The molecule has 1 amide bonds. The number of rotatable bonds is 6. The van der Waals surface area contributed by atoms with Crippen LogP contribution in [0.25, 0.3) is 16.9 Å². The largest absolute Gasteiger partial charge is 0.355 e. The molecule has 0 saturated carbocycles. The second-order valence-corrected chi connectivity index (χ2v) is 8.06. The third-order valence-electron chi connectivity index (χ3n) is 4.68. The number of nitrogens with zero attached hydrogens (tertiary/aromatic N) is 6. The monoisotopic (exact) mass is 419 g/mol. The first-order valence-electron chi connectivity index (χ1n) is 9.41. The Kier molecular flexibility index (Phi) is 5.62. The van der Waals surface area contributed by atoms with Gasteiger partial charge in [0.05, 0.1) is 11.9 Å². The van der Waals surface area contributed by atoms with Crippen molar-refractivity contribution in [2.24, 2.45) is 7.05 Å². The fourth-order valence-corrected chi connectivity index (χ4v) is 3.87. The van der Waals surface area contributed by atoms with Gasteiger partial charge in [0.25, 0.3) is 5.91 Å². The van der Waals surface area contributed by atoms with Crippen LogP contribution in [0.15, 0.2) is 66.2 Å². The first-order chi connectivity index (χ1) is 14.5. The second-order valence-electron chi connectivity index (χ2n) is 6.76. The number of carbonyl (C=O) groups is 1. The Hall–Kier alpha value is -3.46. The number of hydrogen-bond acceptors (Lipinski definition) is 6. The number of benzene rings is 2. The van der Waals surface area contributed by atoms with E-state index in [9.17, 15) is 4.79 Å². The lowest BCUT2D eigenvalue weighted by molar-refractivity contribution is 0.0963. The first kappa shape index (κ1) is 19.8. The Morgan fingerprint density at radius 1 is 1.17 bits per heavy atom. The predicted octanol–water partition coefficient (Wildman–Crippen LogP) is 3.28. The molecule has 0 aliphatic heterocycles. The fourth-order valence-electron chi connectivity index (χ4n) is 2.96. The van der Waals surface area contributed by atoms with E-state index in [1.54, 1.807) is 48.3 Å². The van der Waals surface area contributed by atoms with Gasteiger partial charge in [-0.25, -0.2) is 0 Å². The highest BCUT2D eigenvalue weighted by Crippen LogP contribution is 2.33. The lowest BCUT2D eigenvalue weighted by Gasteiger charge is -2.12. The Morgan fingerprint density at radius 3 is 2.67 bits per heavy atom. The van der Waals surface area contributed by atoms with Crippen LogP contribution in [0.5, 0.6) is 0 Å². The standard InChI is InChI=1S/C21H21N7OS/c1-14(30-21-25-23-13-27(21)3)17-5-4-6-18(11-17)28-24-12-19(26-28)15-7-9-16(10-8-15)20(29)22-2/h4-14H,1-3H3,(H,22,29)/t14-/m0/s1. The lowest BCUT2D eigenvalue weighted by atomic mass is 10.1. The zero-order valence-electron chi connectivity index (χ0n) is 16.9. The number of thioether (sulfide) groups is 1. The number of aryl methyl sites for hydroxylation is 1. The van der Waals surface area contributed by atoms with Crippen LogP contribution in [0.4, 0.5) is 0 Å². The van der Waals surface area contributed by atoms with Gasteiger partial charge in [-0.1, -0.05) is 36.0 Å². The molecule has 1 N–H and O–H groups in total. The molecule has 30 heavy (non-hydrogen) atoms. The molecule has 0 bridgehead atoms. The SMILES string of the molecule is CNC(=O)c1ccc(-c2cnn(-c3cccc([C@H](C)Sc4nncn4C)c3)n2)cc1. The molecule has 2 aromatic carbocycles. The summed E-state index contributed by atoms with van der Waals surface area (Å²) >= 11 is 1.65. The highest BCUT2D eigenvalue weighted by molar-refractivity contribution is 7.99. The number of aromatic nitrogens is 6. The second kappa shape index (κ2) is 8.50. The van der Waals surface area contributed by atoms with E-state index in [0.717, 1.165) is 27.7 Å². The molecule has 0 aliphatic rings. The van der Waals surface area contributed by atoms with Gasteiger partial charge in [-0.3, -0.25) is 4.79 Å². The van der Waals surface area contributed by atoms with Crippen molar-refractivity contribution in [3.8, 4) is 16.9 Å². The van der Waals surface area contributed by atoms with E-state index < -0.39 is 0 Å². The predicted molar refractivity (Wildman–Crippen MR) is 115 cm³/mol. The third kappa shape index (κ3) is 4.11. The topological polar surface area (TPSA) is 90.5 Å². The maximum absolute atomic E-state index is 11.7. The summed E-state index contributed by atoms with van der Waals surface area (Å²) in [6, 6.07) is 15.4. The Morgan fingerprint density at radius 2 is 1.97 bits per heavy atom. The quantitative estimate of drug-likeness (QED) is 0.483. The summed E-state index contributed by atoms with van der Waals surface area (Å²) < 4.78 is 1.90. The molecule has 0 radical (unpaired) electrons. The van der Waals surface area contributed by atoms with Gasteiger partial charge in [0.15, 0.2) is 5.16 Å². The van der Waals surface area contributed by atoms with Gasteiger partial charge in [0.2, 0.25) is 0 Å². The number of amides is 1. The van der Waals surface area contributed by atoms with E-state index in [-0.39, 0.29) is 11.2 Å². The Balaban J connectivity index is 1.54. The van der Waals surface area contributed by atoms with Gasteiger partial charge in [-0.2, -0.15) is 9.90 Å². The van der Waals surface area contributed by atoms with Gasteiger partial charge in [0.1, 0.15) is 12.0 Å². The molecule has 2 heterocycles. The maximum Gasteiger partial charge on any atom is 0.251 e. The molecule has 8 nitrogen and oxygen atoms in total. The normalized spacial score (nSPS) is 12.0. The van der Waals surface area contributed by atoms with Gasteiger partial charge in [-0.15, -0.1) is 15.3 Å². The Bertz CT molecular complexity index is 1170. The van der Waals surface area contributed by atoms with Crippen LogP contribution in [0.3, 0.4) is 0 Å². The Labute approximate surface area is 178 Å². The summed E-state index contributed by atoms with van der Waals surface area (Å²) in [5.74, 6) is -0.115. The summed E-state index contributed by atoms with van der Waals surface area (Å²) in [6.45, 7) is 2.13. The molecule has 0 aliphatic carbocycles. The van der Waals surface area contributed by atoms with Crippen molar-refractivity contribution in [1.82, 2.24) is 35.1 Å². The first-order valence-corrected chi connectivity index (χ1v) is 10.3. The number of hydrogen-bond donors (Lipinski definition) is 1. The number of carbonyl (C=O) groups excluding carboxylic acids is 1. The molecule has 2 aromatic heterocycles. The summed E-state index contributed by atoms with van der Waals surface area (Å²) in [6.07, 6.45) is 3.42. The molecule has 0 spiro atoms. The highest BCUT2D eigenvalue weighted by atomic mass is 32.2. The molecule has 0 unspecified atom stereocenters. The van der Waals surface area contributed by atoms with Crippen molar-refractivity contribution in [3.63, 3.8) is 0 Å². The van der Waals surface area contributed by atoms with Crippen LogP contribution in [0, 0.1) is 0 Å².